The molecule has 0 N–H and O–H groups in total. The van der Waals surface area contributed by atoms with Crippen LogP contribution in [0.3, 0.4) is 0 Å². The summed E-state index contributed by atoms with van der Waals surface area (Å²) in [4.78, 5) is 0. The number of hydrogen-bond acceptors (Lipinski definition) is 1. The Bertz CT molecular complexity index is 536. The second-order valence-corrected chi connectivity index (χ2v) is 7.19. The first kappa shape index (κ1) is 12.5. The zero-order valence-corrected chi connectivity index (χ0v) is 12.5. The molecule has 0 aliphatic heterocycles. The maximum atomic E-state index is 5.39. The molecule has 0 unspecified atom stereocenters. The van der Waals surface area contributed by atoms with Crippen LogP contribution in [0.2, 0.25) is 0 Å². The normalized spacial score (nSPS) is 45.1. The molecule has 1 nitrogen and oxygen atoms in total. The third-order valence-corrected chi connectivity index (χ3v) is 6.30. The minimum atomic E-state index is 0.485. The van der Waals surface area contributed by atoms with Crippen LogP contribution in [0.1, 0.15) is 32.6 Å². The first-order valence-corrected chi connectivity index (χ1v) is 8.03. The maximum Gasteiger partial charge on any atom is 0.118 e. The summed E-state index contributed by atoms with van der Waals surface area (Å²) in [6.07, 6.45) is 19.6. The molecule has 4 aliphatic carbocycles. The Morgan fingerprint density at radius 2 is 2.15 bits per heavy atom. The summed E-state index contributed by atoms with van der Waals surface area (Å²) < 4.78 is 5.39. The lowest BCUT2D eigenvalue weighted by Gasteiger charge is -2.50. The molecule has 4 aliphatic rings. The number of fused-ring (bicyclic) bond motifs is 5. The van der Waals surface area contributed by atoms with Gasteiger partial charge in [-0.1, -0.05) is 31.2 Å². The molecule has 0 aromatic rings. The summed E-state index contributed by atoms with van der Waals surface area (Å²) in [6.45, 7) is 2.48. The van der Waals surface area contributed by atoms with Crippen LogP contribution in [0.5, 0.6) is 0 Å². The van der Waals surface area contributed by atoms with Crippen molar-refractivity contribution in [2.24, 2.45) is 29.1 Å². The van der Waals surface area contributed by atoms with Crippen LogP contribution in [-0.2, 0) is 4.74 Å². The molecule has 4 rings (SSSR count). The van der Waals surface area contributed by atoms with E-state index in [0.29, 0.717) is 11.3 Å². The lowest BCUT2D eigenvalue weighted by molar-refractivity contribution is 0.0429. The van der Waals surface area contributed by atoms with E-state index in [1.54, 1.807) is 7.11 Å². The van der Waals surface area contributed by atoms with Crippen LogP contribution >= 0.6 is 0 Å². The molecule has 0 heterocycles. The summed E-state index contributed by atoms with van der Waals surface area (Å²) in [7, 11) is 1.76. The molecule has 106 valence electrons. The second kappa shape index (κ2) is 4.38. The van der Waals surface area contributed by atoms with E-state index >= 15 is 0 Å². The SMILES string of the molecule is COC1=CC2=CC[C@@H]3[C@H](CC[C@]4(C)C=CC[C@@H]34)[C@H]2C=C1. The lowest BCUT2D eigenvalue weighted by Crippen LogP contribution is -2.42. The molecule has 1 heteroatoms. The van der Waals surface area contributed by atoms with Crippen molar-refractivity contribution in [2.45, 2.75) is 32.6 Å². The number of rotatable bonds is 1. The fourth-order valence-corrected chi connectivity index (χ4v) is 5.19. The molecule has 20 heavy (non-hydrogen) atoms. The molecule has 1 saturated carbocycles. The fourth-order valence-electron chi connectivity index (χ4n) is 5.19. The third-order valence-electron chi connectivity index (χ3n) is 6.30. The van der Waals surface area contributed by atoms with Crippen molar-refractivity contribution >= 4 is 0 Å². The van der Waals surface area contributed by atoms with Gasteiger partial charge in [-0.15, -0.1) is 0 Å². The number of ether oxygens (including phenoxy) is 1. The van der Waals surface area contributed by atoms with Gasteiger partial charge < -0.3 is 4.74 Å². The van der Waals surface area contributed by atoms with Crippen LogP contribution in [0, 0.1) is 29.1 Å². The monoisotopic (exact) mass is 268 g/mol. The van der Waals surface area contributed by atoms with Crippen molar-refractivity contribution in [3.63, 3.8) is 0 Å². The Morgan fingerprint density at radius 1 is 1.25 bits per heavy atom. The minimum Gasteiger partial charge on any atom is -0.497 e. The molecular formula is C19H24O. The smallest absolute Gasteiger partial charge is 0.118 e. The molecule has 0 bridgehead atoms. The molecule has 0 radical (unpaired) electrons. The van der Waals surface area contributed by atoms with Crippen LogP contribution in [-0.4, -0.2) is 7.11 Å². The largest absolute Gasteiger partial charge is 0.497 e. The van der Waals surface area contributed by atoms with Crippen molar-refractivity contribution in [3.8, 4) is 0 Å². The first-order chi connectivity index (χ1) is 9.71. The van der Waals surface area contributed by atoms with Gasteiger partial charge in [0.1, 0.15) is 5.76 Å². The van der Waals surface area contributed by atoms with Crippen molar-refractivity contribution < 1.29 is 4.74 Å². The summed E-state index contributed by atoms with van der Waals surface area (Å²) >= 11 is 0. The molecule has 0 aromatic heterocycles. The molecule has 0 saturated heterocycles. The average molecular weight is 268 g/mol. The standard InChI is InChI=1S/C19H24O/c1-19-10-3-4-18(19)17-7-5-13-12-14(20-2)6-8-15(13)16(17)9-11-19/h3,5-6,8,10,12,15-18H,4,7,9,11H2,1-2H3/t15-,16+,17+,18-,19-/m0/s1. The van der Waals surface area contributed by atoms with Crippen molar-refractivity contribution in [3.05, 3.63) is 47.8 Å². The van der Waals surface area contributed by atoms with Gasteiger partial charge in [0.15, 0.2) is 0 Å². The third kappa shape index (κ3) is 1.68. The van der Waals surface area contributed by atoms with Gasteiger partial charge >= 0.3 is 0 Å². The maximum absolute atomic E-state index is 5.39. The second-order valence-electron chi connectivity index (χ2n) is 7.19. The zero-order valence-electron chi connectivity index (χ0n) is 12.5. The van der Waals surface area contributed by atoms with Gasteiger partial charge in [-0.3, -0.25) is 0 Å². The summed E-state index contributed by atoms with van der Waals surface area (Å²) in [5, 5.41) is 0. The highest BCUT2D eigenvalue weighted by molar-refractivity contribution is 5.39. The highest BCUT2D eigenvalue weighted by atomic mass is 16.5. The quantitative estimate of drug-likeness (QED) is 0.629. The predicted octanol–water partition coefficient (Wildman–Crippen LogP) is 4.64. The van der Waals surface area contributed by atoms with E-state index in [-0.39, 0.29) is 0 Å². The Kier molecular flexibility index (Phi) is 2.73. The Morgan fingerprint density at radius 3 is 3.00 bits per heavy atom. The van der Waals surface area contributed by atoms with Crippen LogP contribution < -0.4 is 0 Å². The Labute approximate surface area is 122 Å². The molecule has 0 spiro atoms. The average Bonchev–Trinajstić information content (AvgIpc) is 2.88. The van der Waals surface area contributed by atoms with Crippen molar-refractivity contribution in [1.29, 1.82) is 0 Å². The zero-order chi connectivity index (χ0) is 13.7. The number of allylic oxidation sites excluding steroid dienone is 7. The van der Waals surface area contributed by atoms with E-state index in [2.05, 4.69) is 43.4 Å². The molecule has 5 atom stereocenters. The molecule has 0 amide bonds. The molecular weight excluding hydrogens is 244 g/mol. The summed E-state index contributed by atoms with van der Waals surface area (Å²) in [5.41, 5.74) is 1.98. The Balaban J connectivity index is 1.66. The van der Waals surface area contributed by atoms with E-state index < -0.39 is 0 Å². The topological polar surface area (TPSA) is 9.23 Å². The van der Waals surface area contributed by atoms with Gasteiger partial charge in [0.05, 0.1) is 7.11 Å². The van der Waals surface area contributed by atoms with Crippen LogP contribution in [0.15, 0.2) is 47.8 Å². The van der Waals surface area contributed by atoms with Gasteiger partial charge in [0.25, 0.3) is 0 Å². The fraction of sp³-hybridized carbons (Fsp3) is 0.579. The van der Waals surface area contributed by atoms with Gasteiger partial charge in [-0.05, 0) is 66.6 Å². The highest BCUT2D eigenvalue weighted by Gasteiger charge is 2.49. The summed E-state index contributed by atoms with van der Waals surface area (Å²) in [5.74, 6) is 4.24. The first-order valence-electron chi connectivity index (χ1n) is 8.03. The minimum absolute atomic E-state index is 0.485. The summed E-state index contributed by atoms with van der Waals surface area (Å²) in [6, 6.07) is 0. The van der Waals surface area contributed by atoms with Gasteiger partial charge in [-0.2, -0.15) is 0 Å². The lowest BCUT2D eigenvalue weighted by atomic mass is 9.54. The van der Waals surface area contributed by atoms with E-state index in [1.165, 1.54) is 31.3 Å². The van der Waals surface area contributed by atoms with E-state index in [4.69, 9.17) is 4.74 Å². The van der Waals surface area contributed by atoms with Crippen molar-refractivity contribution in [2.75, 3.05) is 7.11 Å². The van der Waals surface area contributed by atoms with Crippen molar-refractivity contribution in [1.82, 2.24) is 0 Å². The van der Waals surface area contributed by atoms with Gasteiger partial charge in [0, 0.05) is 5.92 Å². The molecule has 1 fully saturated rings. The van der Waals surface area contributed by atoms with Crippen LogP contribution in [0.25, 0.3) is 0 Å². The molecule has 0 aromatic carbocycles. The predicted molar refractivity (Wildman–Crippen MR) is 82.0 cm³/mol. The van der Waals surface area contributed by atoms with E-state index in [9.17, 15) is 0 Å². The number of methoxy groups -OCH3 is 1. The van der Waals surface area contributed by atoms with Gasteiger partial charge in [-0.25, -0.2) is 0 Å². The number of hydrogen-bond donors (Lipinski definition) is 0. The van der Waals surface area contributed by atoms with Gasteiger partial charge in [0.2, 0.25) is 0 Å². The highest BCUT2D eigenvalue weighted by Crippen LogP contribution is 2.58. The van der Waals surface area contributed by atoms with E-state index in [1.807, 2.05) is 0 Å². The Hall–Kier alpha value is -1.24. The van der Waals surface area contributed by atoms with E-state index in [0.717, 1.165) is 23.5 Å². The van der Waals surface area contributed by atoms with Crippen LogP contribution in [0.4, 0.5) is 0 Å².